The summed E-state index contributed by atoms with van der Waals surface area (Å²) in [4.78, 5) is 22.1. The van der Waals surface area contributed by atoms with E-state index in [0.29, 0.717) is 22.4 Å². The van der Waals surface area contributed by atoms with Gasteiger partial charge < -0.3 is 14.3 Å². The number of hydrogen-bond acceptors (Lipinski definition) is 5. The summed E-state index contributed by atoms with van der Waals surface area (Å²) in [6.07, 6.45) is 0.977. The van der Waals surface area contributed by atoms with E-state index in [0.717, 1.165) is 43.9 Å². The van der Waals surface area contributed by atoms with Crippen molar-refractivity contribution in [1.82, 2.24) is 19.9 Å². The molecular weight excluding hydrogens is 328 g/mol. The van der Waals surface area contributed by atoms with Gasteiger partial charge in [0.2, 0.25) is 0 Å². The van der Waals surface area contributed by atoms with Crippen LogP contribution in [0.4, 0.5) is 0 Å². The van der Waals surface area contributed by atoms with Gasteiger partial charge in [0.25, 0.3) is 11.6 Å². The zero-order chi connectivity index (χ0) is 18.1. The number of rotatable bonds is 2. The molecule has 1 aliphatic rings. The number of likely N-dealkylation sites (N-methyl/N-ethyl adjacent to an activating group) is 1. The molecule has 6 nitrogen and oxygen atoms in total. The highest BCUT2D eigenvalue weighted by molar-refractivity contribution is 6.07. The van der Waals surface area contributed by atoms with Crippen molar-refractivity contribution in [3.63, 3.8) is 0 Å². The summed E-state index contributed by atoms with van der Waals surface area (Å²) >= 11 is 0. The Kier molecular flexibility index (Phi) is 4.42. The van der Waals surface area contributed by atoms with Gasteiger partial charge in [-0.3, -0.25) is 4.79 Å². The number of pyridine rings is 1. The maximum atomic E-state index is 13.3. The zero-order valence-corrected chi connectivity index (χ0v) is 15.1. The Morgan fingerprint density at radius 2 is 1.92 bits per heavy atom. The van der Waals surface area contributed by atoms with E-state index < -0.39 is 0 Å². The number of hydrogen-bond donors (Lipinski definition) is 0. The van der Waals surface area contributed by atoms with Gasteiger partial charge in [0.05, 0.1) is 22.3 Å². The molecule has 3 heterocycles. The molecule has 26 heavy (non-hydrogen) atoms. The molecule has 0 spiro atoms. The lowest BCUT2D eigenvalue weighted by molar-refractivity contribution is 0.0764. The summed E-state index contributed by atoms with van der Waals surface area (Å²) in [5, 5.41) is 4.75. The number of aromatic nitrogens is 2. The molecule has 1 aliphatic heterocycles. The van der Waals surface area contributed by atoms with Crippen molar-refractivity contribution in [2.75, 3.05) is 33.2 Å². The van der Waals surface area contributed by atoms with Crippen LogP contribution in [0.1, 0.15) is 22.5 Å². The Morgan fingerprint density at radius 3 is 2.73 bits per heavy atom. The second kappa shape index (κ2) is 6.88. The Balaban J connectivity index is 1.80. The molecule has 0 bridgehead atoms. The second-order valence-electron chi connectivity index (χ2n) is 6.82. The molecule has 0 saturated carbocycles. The minimum absolute atomic E-state index is 0.0242. The van der Waals surface area contributed by atoms with Crippen molar-refractivity contribution in [3.05, 3.63) is 47.7 Å². The van der Waals surface area contributed by atoms with Crippen LogP contribution in [0.5, 0.6) is 0 Å². The van der Waals surface area contributed by atoms with Crippen LogP contribution >= 0.6 is 0 Å². The SMILES string of the molecule is Cc1noc2nc(-c3ccccc3)cc(C(=O)N3CCCN(C)CC3)c12. The lowest BCUT2D eigenvalue weighted by atomic mass is 10.0. The molecule has 0 unspecified atom stereocenters. The summed E-state index contributed by atoms with van der Waals surface area (Å²) in [6, 6.07) is 11.7. The van der Waals surface area contributed by atoms with Crippen LogP contribution in [0, 0.1) is 6.92 Å². The van der Waals surface area contributed by atoms with E-state index in [9.17, 15) is 4.79 Å². The summed E-state index contributed by atoms with van der Waals surface area (Å²) < 4.78 is 5.39. The third-order valence-corrected chi connectivity index (χ3v) is 4.92. The lowest BCUT2D eigenvalue weighted by Gasteiger charge is -2.21. The average molecular weight is 350 g/mol. The molecule has 0 radical (unpaired) electrons. The fourth-order valence-electron chi connectivity index (χ4n) is 3.44. The minimum Gasteiger partial charge on any atom is -0.337 e. The molecule has 1 saturated heterocycles. The van der Waals surface area contributed by atoms with E-state index in [-0.39, 0.29) is 5.91 Å². The summed E-state index contributed by atoms with van der Waals surface area (Å²) in [7, 11) is 2.09. The molecular formula is C20H22N4O2. The molecule has 4 rings (SSSR count). The highest BCUT2D eigenvalue weighted by atomic mass is 16.5. The van der Waals surface area contributed by atoms with E-state index in [1.165, 1.54) is 0 Å². The van der Waals surface area contributed by atoms with Gasteiger partial charge >= 0.3 is 0 Å². The van der Waals surface area contributed by atoms with Crippen molar-refractivity contribution < 1.29 is 9.32 Å². The number of fused-ring (bicyclic) bond motifs is 1. The van der Waals surface area contributed by atoms with Crippen molar-refractivity contribution >= 4 is 17.0 Å². The van der Waals surface area contributed by atoms with Gasteiger partial charge in [-0.25, -0.2) is 4.98 Å². The number of carbonyl (C=O) groups excluding carboxylic acids is 1. The maximum Gasteiger partial charge on any atom is 0.259 e. The summed E-state index contributed by atoms with van der Waals surface area (Å²) in [5.74, 6) is 0.0242. The number of aryl methyl sites for hydroxylation is 1. The molecule has 3 aromatic rings. The first-order valence-electron chi connectivity index (χ1n) is 8.94. The smallest absolute Gasteiger partial charge is 0.259 e. The normalized spacial score (nSPS) is 16.0. The van der Waals surface area contributed by atoms with E-state index >= 15 is 0 Å². The third kappa shape index (κ3) is 3.08. The average Bonchev–Trinajstić information content (AvgIpc) is 2.90. The van der Waals surface area contributed by atoms with Gasteiger partial charge in [0.1, 0.15) is 0 Å². The predicted molar refractivity (Wildman–Crippen MR) is 100.0 cm³/mol. The van der Waals surface area contributed by atoms with Crippen LogP contribution in [0.3, 0.4) is 0 Å². The molecule has 1 amide bonds. The molecule has 134 valence electrons. The van der Waals surface area contributed by atoms with Crippen molar-refractivity contribution in [2.24, 2.45) is 0 Å². The second-order valence-corrected chi connectivity index (χ2v) is 6.82. The van der Waals surface area contributed by atoms with Gasteiger partial charge in [0, 0.05) is 25.2 Å². The molecule has 2 aromatic heterocycles. The highest BCUT2D eigenvalue weighted by Gasteiger charge is 2.24. The molecule has 1 fully saturated rings. The lowest BCUT2D eigenvalue weighted by Crippen LogP contribution is -2.34. The van der Waals surface area contributed by atoms with Crippen LogP contribution in [0.2, 0.25) is 0 Å². The van der Waals surface area contributed by atoms with Crippen molar-refractivity contribution in [3.8, 4) is 11.3 Å². The predicted octanol–water partition coefficient (Wildman–Crippen LogP) is 2.98. The largest absolute Gasteiger partial charge is 0.337 e. The number of amides is 1. The van der Waals surface area contributed by atoms with E-state index in [1.54, 1.807) is 0 Å². The molecule has 0 aliphatic carbocycles. The number of carbonyl (C=O) groups is 1. The molecule has 0 atom stereocenters. The minimum atomic E-state index is 0.0242. The number of nitrogens with zero attached hydrogens (tertiary/aromatic N) is 4. The van der Waals surface area contributed by atoms with Crippen LogP contribution in [0.25, 0.3) is 22.4 Å². The maximum absolute atomic E-state index is 13.3. The topological polar surface area (TPSA) is 62.5 Å². The van der Waals surface area contributed by atoms with Crippen LogP contribution in [0.15, 0.2) is 40.9 Å². The molecule has 6 heteroatoms. The van der Waals surface area contributed by atoms with E-state index in [4.69, 9.17) is 4.52 Å². The Bertz CT molecular complexity index is 936. The number of benzene rings is 1. The highest BCUT2D eigenvalue weighted by Crippen LogP contribution is 2.28. The van der Waals surface area contributed by atoms with Crippen molar-refractivity contribution in [1.29, 1.82) is 0 Å². The van der Waals surface area contributed by atoms with Gasteiger partial charge in [0.15, 0.2) is 0 Å². The zero-order valence-electron chi connectivity index (χ0n) is 15.1. The van der Waals surface area contributed by atoms with E-state index in [1.807, 2.05) is 48.2 Å². The fraction of sp³-hybridized carbons (Fsp3) is 0.350. The van der Waals surface area contributed by atoms with Crippen LogP contribution < -0.4 is 0 Å². The fourth-order valence-corrected chi connectivity index (χ4v) is 3.44. The molecule has 1 aromatic carbocycles. The Hall–Kier alpha value is -2.73. The van der Waals surface area contributed by atoms with Crippen molar-refractivity contribution in [2.45, 2.75) is 13.3 Å². The monoisotopic (exact) mass is 350 g/mol. The summed E-state index contributed by atoms with van der Waals surface area (Å²) in [5.41, 5.74) is 3.41. The molecule has 0 N–H and O–H groups in total. The Labute approximate surface area is 152 Å². The first kappa shape index (κ1) is 16.7. The van der Waals surface area contributed by atoms with Crippen LogP contribution in [-0.2, 0) is 0 Å². The first-order valence-corrected chi connectivity index (χ1v) is 8.94. The first-order chi connectivity index (χ1) is 12.6. The van der Waals surface area contributed by atoms with Gasteiger partial charge in [-0.2, -0.15) is 0 Å². The van der Waals surface area contributed by atoms with E-state index in [2.05, 4.69) is 22.1 Å². The summed E-state index contributed by atoms with van der Waals surface area (Å²) in [6.45, 7) is 5.23. The van der Waals surface area contributed by atoms with Gasteiger partial charge in [-0.15, -0.1) is 0 Å². The van der Waals surface area contributed by atoms with Gasteiger partial charge in [-0.05, 0) is 33.0 Å². The Morgan fingerprint density at radius 1 is 1.12 bits per heavy atom. The third-order valence-electron chi connectivity index (χ3n) is 4.92. The van der Waals surface area contributed by atoms with Gasteiger partial charge in [-0.1, -0.05) is 35.5 Å². The standard InChI is InChI=1S/C20H22N4O2/c1-14-18-16(20(25)24-10-6-9-23(2)11-12-24)13-17(21-19(18)26-22-14)15-7-4-3-5-8-15/h3-5,7-8,13H,6,9-12H2,1-2H3. The van der Waals surface area contributed by atoms with Crippen LogP contribution in [-0.4, -0.2) is 59.1 Å². The quantitative estimate of drug-likeness (QED) is 0.711.